The first-order chi connectivity index (χ1) is 13.2. The van der Waals surface area contributed by atoms with Gasteiger partial charge in [-0.05, 0) is 49.2 Å². The number of aryl methyl sites for hydroxylation is 1. The Labute approximate surface area is 160 Å². The molecule has 0 radical (unpaired) electrons. The second-order valence-corrected chi connectivity index (χ2v) is 6.74. The van der Waals surface area contributed by atoms with Crippen molar-refractivity contribution in [2.75, 3.05) is 0 Å². The number of hydrogen-bond donors (Lipinski definition) is 0. The highest BCUT2D eigenvalue weighted by atomic mass is 15.0. The van der Waals surface area contributed by atoms with Crippen LogP contribution in [0.2, 0.25) is 0 Å². The molecule has 0 amide bonds. The highest BCUT2D eigenvalue weighted by Gasteiger charge is 2.18. The molecular weight excluding hydrogens is 326 g/mol. The summed E-state index contributed by atoms with van der Waals surface area (Å²) < 4.78 is 2.30. The van der Waals surface area contributed by atoms with Crippen LogP contribution in [0.4, 0.5) is 0 Å². The standard InChI is InChI=1S/C26H23N/c1-4-10-23-24(5-2)27(21-11-7-6-8-12-21)25-14-9-13-22(26(23)25)20-17-15-19(3)16-18-20/h4-18H,2H2,1,3H3/b10-4-. The third kappa shape index (κ3) is 2.92. The van der Waals surface area contributed by atoms with Crippen LogP contribution >= 0.6 is 0 Å². The fraction of sp³-hybridized carbons (Fsp3) is 0.0769. The number of benzene rings is 3. The molecule has 0 aliphatic rings. The normalized spacial score (nSPS) is 11.3. The van der Waals surface area contributed by atoms with E-state index in [0.717, 1.165) is 11.4 Å². The van der Waals surface area contributed by atoms with E-state index in [9.17, 15) is 0 Å². The van der Waals surface area contributed by atoms with Crippen molar-refractivity contribution in [1.29, 1.82) is 0 Å². The van der Waals surface area contributed by atoms with Gasteiger partial charge in [0.25, 0.3) is 0 Å². The average molecular weight is 349 g/mol. The Balaban J connectivity index is 2.13. The summed E-state index contributed by atoms with van der Waals surface area (Å²) in [7, 11) is 0. The minimum atomic E-state index is 1.12. The van der Waals surface area contributed by atoms with Crippen LogP contribution in [-0.2, 0) is 0 Å². The lowest BCUT2D eigenvalue weighted by Gasteiger charge is -2.09. The summed E-state index contributed by atoms with van der Waals surface area (Å²) in [5, 5.41) is 1.26. The molecule has 0 unspecified atom stereocenters. The predicted octanol–water partition coefficient (Wildman–Crippen LogP) is 7.28. The first-order valence-electron chi connectivity index (χ1n) is 9.29. The number of para-hydroxylation sites is 1. The monoisotopic (exact) mass is 349 g/mol. The SMILES string of the molecule is C=Cc1c(/C=C\C)c2c(-c3ccc(C)cc3)cccc2n1-c1ccccc1. The fourth-order valence-corrected chi connectivity index (χ4v) is 3.75. The van der Waals surface area contributed by atoms with E-state index >= 15 is 0 Å². The number of fused-ring (bicyclic) bond motifs is 1. The van der Waals surface area contributed by atoms with Crippen LogP contribution in [0, 0.1) is 6.92 Å². The molecule has 3 aromatic carbocycles. The molecule has 0 saturated carbocycles. The topological polar surface area (TPSA) is 4.93 Å². The third-order valence-electron chi connectivity index (χ3n) is 4.97. The first kappa shape index (κ1) is 17.1. The molecular formula is C26H23N. The summed E-state index contributed by atoms with van der Waals surface area (Å²) in [6.07, 6.45) is 6.25. The van der Waals surface area contributed by atoms with Gasteiger partial charge in [0.15, 0.2) is 0 Å². The zero-order valence-corrected chi connectivity index (χ0v) is 15.8. The van der Waals surface area contributed by atoms with Crippen LogP contribution in [0.3, 0.4) is 0 Å². The van der Waals surface area contributed by atoms with Gasteiger partial charge >= 0.3 is 0 Å². The van der Waals surface area contributed by atoms with Crippen LogP contribution in [0.25, 0.3) is 39.9 Å². The van der Waals surface area contributed by atoms with Crippen molar-refractivity contribution in [2.24, 2.45) is 0 Å². The predicted molar refractivity (Wildman–Crippen MR) is 118 cm³/mol. The Morgan fingerprint density at radius 1 is 0.852 bits per heavy atom. The van der Waals surface area contributed by atoms with Gasteiger partial charge in [-0.25, -0.2) is 0 Å². The van der Waals surface area contributed by atoms with E-state index in [-0.39, 0.29) is 0 Å². The van der Waals surface area contributed by atoms with E-state index in [4.69, 9.17) is 0 Å². The molecule has 1 nitrogen and oxygen atoms in total. The number of hydrogen-bond acceptors (Lipinski definition) is 0. The minimum absolute atomic E-state index is 1.12. The molecule has 1 heterocycles. The first-order valence-corrected chi connectivity index (χ1v) is 9.29. The van der Waals surface area contributed by atoms with Gasteiger partial charge in [-0.2, -0.15) is 0 Å². The Bertz CT molecular complexity index is 1130. The van der Waals surface area contributed by atoms with Gasteiger partial charge in [-0.1, -0.05) is 78.9 Å². The summed E-state index contributed by atoms with van der Waals surface area (Å²) in [6.45, 7) is 8.30. The van der Waals surface area contributed by atoms with Gasteiger partial charge in [-0.15, -0.1) is 0 Å². The lowest BCUT2D eigenvalue weighted by molar-refractivity contribution is 1.11. The van der Waals surface area contributed by atoms with Crippen molar-refractivity contribution in [3.8, 4) is 16.8 Å². The number of aromatic nitrogens is 1. The number of rotatable bonds is 4. The molecule has 0 fully saturated rings. The lowest BCUT2D eigenvalue weighted by Crippen LogP contribution is -1.96. The van der Waals surface area contributed by atoms with E-state index in [1.165, 1.54) is 33.2 Å². The number of allylic oxidation sites excluding steroid dienone is 1. The van der Waals surface area contributed by atoms with Crippen LogP contribution in [0.1, 0.15) is 23.7 Å². The Hall–Kier alpha value is -3.32. The highest BCUT2D eigenvalue weighted by Crippen LogP contribution is 2.38. The Kier molecular flexibility index (Phi) is 4.52. The molecule has 0 aliphatic heterocycles. The average Bonchev–Trinajstić information content (AvgIpc) is 3.03. The maximum Gasteiger partial charge on any atom is 0.0547 e. The van der Waals surface area contributed by atoms with E-state index in [1.54, 1.807) is 0 Å². The van der Waals surface area contributed by atoms with Gasteiger partial charge in [0, 0.05) is 16.6 Å². The molecule has 1 heteroatoms. The second kappa shape index (κ2) is 7.13. The van der Waals surface area contributed by atoms with Crippen molar-refractivity contribution in [2.45, 2.75) is 13.8 Å². The van der Waals surface area contributed by atoms with E-state index < -0.39 is 0 Å². The fourth-order valence-electron chi connectivity index (χ4n) is 3.75. The molecule has 4 aromatic rings. The van der Waals surface area contributed by atoms with Crippen molar-refractivity contribution in [3.63, 3.8) is 0 Å². The molecule has 1 aromatic heterocycles. The van der Waals surface area contributed by atoms with Crippen LogP contribution in [0.15, 0.2) is 85.5 Å². The molecule has 0 spiro atoms. The van der Waals surface area contributed by atoms with Crippen molar-refractivity contribution in [1.82, 2.24) is 4.57 Å². The molecule has 0 aliphatic carbocycles. The molecule has 27 heavy (non-hydrogen) atoms. The van der Waals surface area contributed by atoms with Crippen molar-refractivity contribution >= 4 is 23.1 Å². The summed E-state index contributed by atoms with van der Waals surface area (Å²) in [5.41, 5.74) is 8.43. The van der Waals surface area contributed by atoms with Crippen molar-refractivity contribution < 1.29 is 0 Å². The summed E-state index contributed by atoms with van der Waals surface area (Å²) in [5.74, 6) is 0. The minimum Gasteiger partial charge on any atom is -0.309 e. The maximum absolute atomic E-state index is 4.11. The summed E-state index contributed by atoms with van der Waals surface area (Å²) in [4.78, 5) is 0. The van der Waals surface area contributed by atoms with Gasteiger partial charge in [-0.3, -0.25) is 0 Å². The summed E-state index contributed by atoms with van der Waals surface area (Å²) in [6, 6.07) is 25.8. The van der Waals surface area contributed by atoms with Gasteiger partial charge in [0.2, 0.25) is 0 Å². The quantitative estimate of drug-likeness (QED) is 0.365. The van der Waals surface area contributed by atoms with Gasteiger partial charge in [0.05, 0.1) is 11.2 Å². The molecule has 0 bridgehead atoms. The maximum atomic E-state index is 4.11. The molecule has 4 rings (SSSR count). The van der Waals surface area contributed by atoms with Crippen LogP contribution in [-0.4, -0.2) is 4.57 Å². The zero-order valence-electron chi connectivity index (χ0n) is 15.8. The van der Waals surface area contributed by atoms with E-state index in [2.05, 4.69) is 104 Å². The molecule has 0 saturated heterocycles. The van der Waals surface area contributed by atoms with Crippen LogP contribution < -0.4 is 0 Å². The van der Waals surface area contributed by atoms with Gasteiger partial charge in [0.1, 0.15) is 0 Å². The molecule has 0 N–H and O–H groups in total. The van der Waals surface area contributed by atoms with Gasteiger partial charge < -0.3 is 4.57 Å². The van der Waals surface area contributed by atoms with Crippen molar-refractivity contribution in [3.05, 3.63) is 102 Å². The van der Waals surface area contributed by atoms with E-state index in [1.807, 2.05) is 12.1 Å². The lowest BCUT2D eigenvalue weighted by atomic mass is 9.97. The van der Waals surface area contributed by atoms with E-state index in [0.29, 0.717) is 0 Å². The highest BCUT2D eigenvalue weighted by molar-refractivity contribution is 6.04. The smallest absolute Gasteiger partial charge is 0.0547 e. The molecule has 132 valence electrons. The zero-order chi connectivity index (χ0) is 18.8. The van der Waals surface area contributed by atoms with Crippen LogP contribution in [0.5, 0.6) is 0 Å². The Morgan fingerprint density at radius 2 is 1.59 bits per heavy atom. The largest absolute Gasteiger partial charge is 0.309 e. The summed E-state index contributed by atoms with van der Waals surface area (Å²) >= 11 is 0. The third-order valence-corrected chi connectivity index (χ3v) is 4.97. The number of nitrogens with zero attached hydrogens (tertiary/aromatic N) is 1. The molecule has 0 atom stereocenters. The Morgan fingerprint density at radius 3 is 2.26 bits per heavy atom. The second-order valence-electron chi connectivity index (χ2n) is 6.74.